The summed E-state index contributed by atoms with van der Waals surface area (Å²) in [6.45, 7) is 0.694. The van der Waals surface area contributed by atoms with Crippen molar-refractivity contribution in [3.8, 4) is 0 Å². The summed E-state index contributed by atoms with van der Waals surface area (Å²) in [5, 5.41) is 6.02. The zero-order chi connectivity index (χ0) is 18.6. The molecule has 0 saturated carbocycles. The van der Waals surface area contributed by atoms with E-state index in [4.69, 9.17) is 34.8 Å². The molecule has 1 aromatic rings. The summed E-state index contributed by atoms with van der Waals surface area (Å²) in [6, 6.07) is 2.14. The number of amides is 2. The molecule has 2 rings (SSSR count). The monoisotopic (exact) mass is 407 g/mol. The minimum absolute atomic E-state index is 0.107. The van der Waals surface area contributed by atoms with Crippen molar-refractivity contribution >= 4 is 58.3 Å². The fraction of sp³-hybridized carbons (Fsp3) is 0.400. The normalized spacial score (nSPS) is 17.8. The Balaban J connectivity index is 2.07. The van der Waals surface area contributed by atoms with E-state index in [0.29, 0.717) is 18.1 Å². The maximum Gasteiger partial charge on any atom is 0.307 e. The van der Waals surface area contributed by atoms with Gasteiger partial charge in [0.15, 0.2) is 0 Å². The first-order chi connectivity index (χ1) is 11.8. The van der Waals surface area contributed by atoms with Gasteiger partial charge in [-0.25, -0.2) is 0 Å². The molecule has 1 atom stereocenters. The third-order valence-electron chi connectivity index (χ3n) is 3.65. The number of halogens is 3. The molecule has 2 N–H and O–H groups in total. The summed E-state index contributed by atoms with van der Waals surface area (Å²) in [6.07, 6.45) is -0.141. The molecule has 0 spiro atoms. The SMILES string of the molecule is COC(=O)CC1C(=O)NCCN1CC(=O)Nc1c(Cl)cc(Cl)cc1Cl. The van der Waals surface area contributed by atoms with Crippen LogP contribution in [0, 0.1) is 0 Å². The Morgan fingerprint density at radius 1 is 1.32 bits per heavy atom. The zero-order valence-corrected chi connectivity index (χ0v) is 15.5. The van der Waals surface area contributed by atoms with Crippen LogP contribution in [0.15, 0.2) is 12.1 Å². The van der Waals surface area contributed by atoms with Gasteiger partial charge in [-0.15, -0.1) is 0 Å². The molecule has 1 saturated heterocycles. The molecule has 1 aliphatic rings. The summed E-state index contributed by atoms with van der Waals surface area (Å²) in [5.74, 6) is -1.28. The van der Waals surface area contributed by atoms with E-state index in [2.05, 4.69) is 15.4 Å². The number of carbonyl (C=O) groups is 3. The molecule has 1 aliphatic heterocycles. The Kier molecular flexibility index (Phi) is 6.89. The summed E-state index contributed by atoms with van der Waals surface area (Å²) >= 11 is 17.9. The Morgan fingerprint density at radius 2 is 1.96 bits per heavy atom. The number of esters is 1. The van der Waals surface area contributed by atoms with E-state index in [1.165, 1.54) is 19.2 Å². The number of ether oxygens (including phenoxy) is 1. The molecule has 0 aliphatic carbocycles. The lowest BCUT2D eigenvalue weighted by Crippen LogP contribution is -2.57. The molecule has 0 aromatic heterocycles. The predicted octanol–water partition coefficient (Wildman–Crippen LogP) is 1.95. The first-order valence-corrected chi connectivity index (χ1v) is 8.48. The van der Waals surface area contributed by atoms with Crippen molar-refractivity contribution in [3.05, 3.63) is 27.2 Å². The van der Waals surface area contributed by atoms with Crippen molar-refractivity contribution in [2.24, 2.45) is 0 Å². The van der Waals surface area contributed by atoms with Gasteiger partial charge in [-0.05, 0) is 12.1 Å². The van der Waals surface area contributed by atoms with E-state index in [1.807, 2.05) is 0 Å². The average molecular weight is 409 g/mol. The first-order valence-electron chi connectivity index (χ1n) is 7.34. The first kappa shape index (κ1) is 19.8. The van der Waals surface area contributed by atoms with Gasteiger partial charge in [-0.1, -0.05) is 34.8 Å². The highest BCUT2D eigenvalue weighted by Crippen LogP contribution is 2.33. The summed E-state index contributed by atoms with van der Waals surface area (Å²) < 4.78 is 4.60. The van der Waals surface area contributed by atoms with E-state index in [-0.39, 0.29) is 34.6 Å². The number of nitrogens with one attached hydrogen (secondary N) is 2. The molecule has 10 heteroatoms. The van der Waals surface area contributed by atoms with Crippen molar-refractivity contribution < 1.29 is 19.1 Å². The maximum absolute atomic E-state index is 12.3. The van der Waals surface area contributed by atoms with Gasteiger partial charge in [-0.2, -0.15) is 0 Å². The standard InChI is InChI=1S/C15H16Cl3N3O4/c1-25-13(23)6-11-15(24)19-2-3-21(11)7-12(22)20-14-9(17)4-8(16)5-10(14)18/h4-5,11H,2-3,6-7H2,1H3,(H,19,24)(H,20,22). The molecule has 7 nitrogen and oxygen atoms in total. The van der Waals surface area contributed by atoms with Crippen LogP contribution in [-0.2, 0) is 19.1 Å². The van der Waals surface area contributed by atoms with Gasteiger partial charge in [0.25, 0.3) is 0 Å². The molecule has 25 heavy (non-hydrogen) atoms. The van der Waals surface area contributed by atoms with Crippen molar-refractivity contribution in [1.82, 2.24) is 10.2 Å². The molecule has 1 heterocycles. The van der Waals surface area contributed by atoms with Crippen LogP contribution >= 0.6 is 34.8 Å². The smallest absolute Gasteiger partial charge is 0.307 e. The van der Waals surface area contributed by atoms with Gasteiger partial charge in [0, 0.05) is 18.1 Å². The molecular formula is C15H16Cl3N3O4. The van der Waals surface area contributed by atoms with Crippen LogP contribution in [0.25, 0.3) is 0 Å². The Labute approximate surface area is 159 Å². The number of hydrogen-bond donors (Lipinski definition) is 2. The summed E-state index contributed by atoms with van der Waals surface area (Å²) in [5.41, 5.74) is 0.240. The minimum atomic E-state index is -0.775. The number of rotatable bonds is 5. The van der Waals surface area contributed by atoms with Crippen LogP contribution in [0.4, 0.5) is 5.69 Å². The van der Waals surface area contributed by atoms with Crippen LogP contribution in [-0.4, -0.2) is 55.5 Å². The lowest BCUT2D eigenvalue weighted by atomic mass is 10.1. The van der Waals surface area contributed by atoms with E-state index in [0.717, 1.165) is 0 Å². The fourth-order valence-corrected chi connectivity index (χ4v) is 3.35. The van der Waals surface area contributed by atoms with Crippen molar-refractivity contribution in [3.63, 3.8) is 0 Å². The average Bonchev–Trinajstić information content (AvgIpc) is 2.54. The Morgan fingerprint density at radius 3 is 2.56 bits per heavy atom. The van der Waals surface area contributed by atoms with Crippen LogP contribution in [0.1, 0.15) is 6.42 Å². The molecule has 1 fully saturated rings. The molecular weight excluding hydrogens is 393 g/mol. The molecule has 136 valence electrons. The second-order valence-electron chi connectivity index (χ2n) is 5.35. The number of nitrogens with zero attached hydrogens (tertiary/aromatic N) is 1. The van der Waals surface area contributed by atoms with E-state index < -0.39 is 17.9 Å². The number of piperazine rings is 1. The number of benzene rings is 1. The van der Waals surface area contributed by atoms with Gasteiger partial charge in [-0.3, -0.25) is 19.3 Å². The van der Waals surface area contributed by atoms with Crippen LogP contribution in [0.2, 0.25) is 15.1 Å². The van der Waals surface area contributed by atoms with Crippen LogP contribution < -0.4 is 10.6 Å². The highest BCUT2D eigenvalue weighted by atomic mass is 35.5. The molecule has 1 aromatic carbocycles. The molecule has 0 radical (unpaired) electrons. The second kappa shape index (κ2) is 8.71. The highest BCUT2D eigenvalue weighted by Gasteiger charge is 2.33. The number of carbonyl (C=O) groups excluding carboxylic acids is 3. The summed E-state index contributed by atoms with van der Waals surface area (Å²) in [4.78, 5) is 37.4. The van der Waals surface area contributed by atoms with Crippen LogP contribution in [0.5, 0.6) is 0 Å². The Bertz CT molecular complexity index is 676. The topological polar surface area (TPSA) is 87.7 Å². The van der Waals surface area contributed by atoms with Gasteiger partial charge in [0.2, 0.25) is 11.8 Å². The van der Waals surface area contributed by atoms with E-state index in [1.54, 1.807) is 4.90 Å². The zero-order valence-electron chi connectivity index (χ0n) is 13.3. The predicted molar refractivity (Wildman–Crippen MR) is 95.1 cm³/mol. The lowest BCUT2D eigenvalue weighted by molar-refractivity contribution is -0.146. The van der Waals surface area contributed by atoms with E-state index >= 15 is 0 Å². The van der Waals surface area contributed by atoms with Crippen molar-refractivity contribution in [1.29, 1.82) is 0 Å². The number of hydrogen-bond acceptors (Lipinski definition) is 5. The van der Waals surface area contributed by atoms with Crippen molar-refractivity contribution in [2.75, 3.05) is 32.1 Å². The Hall–Kier alpha value is -1.54. The largest absolute Gasteiger partial charge is 0.469 e. The van der Waals surface area contributed by atoms with Gasteiger partial charge >= 0.3 is 5.97 Å². The van der Waals surface area contributed by atoms with Crippen LogP contribution in [0.3, 0.4) is 0 Å². The van der Waals surface area contributed by atoms with Gasteiger partial charge in [0.1, 0.15) is 6.04 Å². The highest BCUT2D eigenvalue weighted by molar-refractivity contribution is 6.42. The van der Waals surface area contributed by atoms with Crippen molar-refractivity contribution in [2.45, 2.75) is 12.5 Å². The fourth-order valence-electron chi connectivity index (χ4n) is 2.44. The number of methoxy groups -OCH3 is 1. The minimum Gasteiger partial charge on any atom is -0.469 e. The third kappa shape index (κ3) is 5.22. The number of anilines is 1. The molecule has 1 unspecified atom stereocenters. The second-order valence-corrected chi connectivity index (χ2v) is 6.60. The quantitative estimate of drug-likeness (QED) is 0.727. The van der Waals surface area contributed by atoms with Gasteiger partial charge in [0.05, 0.1) is 35.8 Å². The van der Waals surface area contributed by atoms with E-state index in [9.17, 15) is 14.4 Å². The van der Waals surface area contributed by atoms with Gasteiger partial charge < -0.3 is 15.4 Å². The molecule has 2 amide bonds. The third-order valence-corrected chi connectivity index (χ3v) is 4.46. The molecule has 0 bridgehead atoms. The summed E-state index contributed by atoms with van der Waals surface area (Å²) in [7, 11) is 1.24. The maximum atomic E-state index is 12.3. The lowest BCUT2D eigenvalue weighted by Gasteiger charge is -2.33.